The Kier molecular flexibility index (Phi) is 5.05. The summed E-state index contributed by atoms with van der Waals surface area (Å²) in [5.41, 5.74) is 1.29. The molecular formula is C15H20N4O2. The minimum atomic E-state index is -0.153. The van der Waals surface area contributed by atoms with Gasteiger partial charge in [0.25, 0.3) is 5.91 Å². The van der Waals surface area contributed by atoms with Crippen molar-refractivity contribution in [1.82, 2.24) is 20.1 Å². The molecule has 0 spiro atoms. The van der Waals surface area contributed by atoms with Crippen molar-refractivity contribution in [2.24, 2.45) is 0 Å². The van der Waals surface area contributed by atoms with Crippen molar-refractivity contribution in [3.63, 3.8) is 0 Å². The van der Waals surface area contributed by atoms with E-state index in [4.69, 9.17) is 5.11 Å². The molecule has 2 heterocycles. The minimum absolute atomic E-state index is 0.0160. The molecule has 0 fully saturated rings. The van der Waals surface area contributed by atoms with Gasteiger partial charge in [-0.3, -0.25) is 4.79 Å². The second kappa shape index (κ2) is 6.99. The molecule has 0 radical (unpaired) electrons. The van der Waals surface area contributed by atoms with E-state index in [0.717, 1.165) is 12.1 Å². The van der Waals surface area contributed by atoms with Gasteiger partial charge in [-0.15, -0.1) is 0 Å². The first-order chi connectivity index (χ1) is 10.1. The lowest BCUT2D eigenvalue weighted by Gasteiger charge is -2.12. The summed E-state index contributed by atoms with van der Waals surface area (Å²) in [7, 11) is 0. The molecule has 0 saturated carbocycles. The van der Waals surface area contributed by atoms with Crippen LogP contribution in [0.1, 0.15) is 35.8 Å². The number of pyridine rings is 1. The molecule has 2 aromatic rings. The molecule has 1 unspecified atom stereocenters. The second-order valence-corrected chi connectivity index (χ2v) is 4.98. The quantitative estimate of drug-likeness (QED) is 0.843. The van der Waals surface area contributed by atoms with Crippen LogP contribution >= 0.6 is 0 Å². The fourth-order valence-electron chi connectivity index (χ4n) is 2.11. The molecule has 6 heteroatoms. The maximum Gasteiger partial charge on any atom is 0.254 e. The number of rotatable bonds is 6. The SMILES string of the molecule is Cc1c(C(=O)NC(C)CCCO)cnn1-c1ccccn1. The highest BCUT2D eigenvalue weighted by Gasteiger charge is 2.17. The summed E-state index contributed by atoms with van der Waals surface area (Å²) in [6.07, 6.45) is 4.66. The molecule has 1 amide bonds. The first kappa shape index (κ1) is 15.2. The van der Waals surface area contributed by atoms with E-state index < -0.39 is 0 Å². The third-order valence-electron chi connectivity index (χ3n) is 3.29. The second-order valence-electron chi connectivity index (χ2n) is 4.98. The Bertz CT molecular complexity index is 595. The molecular weight excluding hydrogens is 268 g/mol. The molecule has 2 N–H and O–H groups in total. The average molecular weight is 288 g/mol. The molecule has 2 rings (SSSR count). The predicted octanol–water partition coefficient (Wildman–Crippen LogP) is 1.47. The summed E-state index contributed by atoms with van der Waals surface area (Å²) in [5.74, 6) is 0.530. The topological polar surface area (TPSA) is 80.0 Å². The van der Waals surface area contributed by atoms with Crippen LogP contribution in [-0.4, -0.2) is 38.4 Å². The van der Waals surface area contributed by atoms with Crippen LogP contribution in [-0.2, 0) is 0 Å². The van der Waals surface area contributed by atoms with Crippen molar-refractivity contribution in [3.05, 3.63) is 41.9 Å². The van der Waals surface area contributed by atoms with Crippen molar-refractivity contribution in [2.75, 3.05) is 6.61 Å². The molecule has 0 aliphatic rings. The highest BCUT2D eigenvalue weighted by atomic mass is 16.3. The number of amides is 1. The third kappa shape index (κ3) is 3.66. The molecule has 6 nitrogen and oxygen atoms in total. The summed E-state index contributed by atoms with van der Waals surface area (Å²) >= 11 is 0. The first-order valence-electron chi connectivity index (χ1n) is 7.01. The van der Waals surface area contributed by atoms with Crippen molar-refractivity contribution in [1.29, 1.82) is 0 Å². The molecule has 1 atom stereocenters. The smallest absolute Gasteiger partial charge is 0.254 e. The van der Waals surface area contributed by atoms with E-state index in [2.05, 4.69) is 15.4 Å². The minimum Gasteiger partial charge on any atom is -0.396 e. The van der Waals surface area contributed by atoms with Crippen molar-refractivity contribution in [3.8, 4) is 5.82 Å². The maximum atomic E-state index is 12.2. The van der Waals surface area contributed by atoms with E-state index in [0.29, 0.717) is 17.8 Å². The Morgan fingerprint density at radius 1 is 1.48 bits per heavy atom. The number of carbonyl (C=O) groups excluding carboxylic acids is 1. The number of aliphatic hydroxyl groups excluding tert-OH is 1. The van der Waals surface area contributed by atoms with E-state index >= 15 is 0 Å². The Morgan fingerprint density at radius 3 is 2.95 bits per heavy atom. The molecule has 2 aromatic heterocycles. The van der Waals surface area contributed by atoms with Gasteiger partial charge >= 0.3 is 0 Å². The van der Waals surface area contributed by atoms with Gasteiger partial charge in [-0.05, 0) is 38.8 Å². The van der Waals surface area contributed by atoms with E-state index in [1.165, 1.54) is 0 Å². The number of nitrogens with zero attached hydrogens (tertiary/aromatic N) is 3. The molecule has 0 aliphatic heterocycles. The fraction of sp³-hybridized carbons (Fsp3) is 0.400. The standard InChI is InChI=1S/C15H20N4O2/c1-11(6-5-9-20)18-15(21)13-10-17-19(12(13)2)14-7-3-4-8-16-14/h3-4,7-8,10-11,20H,5-6,9H2,1-2H3,(H,18,21). The Balaban J connectivity index is 2.11. The molecule has 0 aliphatic carbocycles. The molecule has 0 bridgehead atoms. The highest BCUT2D eigenvalue weighted by Crippen LogP contribution is 2.12. The molecule has 0 aromatic carbocycles. The zero-order valence-corrected chi connectivity index (χ0v) is 12.3. The number of hydrogen-bond acceptors (Lipinski definition) is 4. The number of nitrogens with one attached hydrogen (secondary N) is 1. The van der Waals surface area contributed by atoms with Crippen LogP contribution in [0.4, 0.5) is 0 Å². The van der Waals surface area contributed by atoms with Gasteiger partial charge in [0, 0.05) is 18.8 Å². The normalized spacial score (nSPS) is 12.1. The van der Waals surface area contributed by atoms with Gasteiger partial charge in [0.2, 0.25) is 0 Å². The van der Waals surface area contributed by atoms with Gasteiger partial charge in [-0.1, -0.05) is 6.07 Å². The van der Waals surface area contributed by atoms with E-state index in [9.17, 15) is 4.79 Å². The Labute approximate surface area is 123 Å². The zero-order chi connectivity index (χ0) is 15.2. The van der Waals surface area contributed by atoms with Gasteiger partial charge in [0.1, 0.15) is 0 Å². The largest absolute Gasteiger partial charge is 0.396 e. The van der Waals surface area contributed by atoms with Crippen molar-refractivity contribution in [2.45, 2.75) is 32.7 Å². The van der Waals surface area contributed by atoms with Gasteiger partial charge in [-0.25, -0.2) is 9.67 Å². The molecule has 21 heavy (non-hydrogen) atoms. The van der Waals surface area contributed by atoms with E-state index in [1.807, 2.05) is 32.0 Å². The summed E-state index contributed by atoms with van der Waals surface area (Å²) in [6, 6.07) is 5.56. The van der Waals surface area contributed by atoms with Gasteiger partial charge in [-0.2, -0.15) is 5.10 Å². The summed E-state index contributed by atoms with van der Waals surface area (Å²) < 4.78 is 1.65. The van der Waals surface area contributed by atoms with Gasteiger partial charge in [0.05, 0.1) is 17.5 Å². The lowest BCUT2D eigenvalue weighted by atomic mass is 10.1. The lowest BCUT2D eigenvalue weighted by molar-refractivity contribution is 0.0936. The van der Waals surface area contributed by atoms with E-state index in [-0.39, 0.29) is 18.6 Å². The van der Waals surface area contributed by atoms with Crippen LogP contribution in [0.2, 0.25) is 0 Å². The Morgan fingerprint density at radius 2 is 2.29 bits per heavy atom. The monoisotopic (exact) mass is 288 g/mol. The first-order valence-corrected chi connectivity index (χ1v) is 7.01. The van der Waals surface area contributed by atoms with Crippen LogP contribution in [0, 0.1) is 6.92 Å². The highest BCUT2D eigenvalue weighted by molar-refractivity contribution is 5.95. The maximum absolute atomic E-state index is 12.2. The third-order valence-corrected chi connectivity index (χ3v) is 3.29. The number of hydrogen-bond donors (Lipinski definition) is 2. The number of aliphatic hydroxyl groups is 1. The van der Waals surface area contributed by atoms with Crippen LogP contribution in [0.5, 0.6) is 0 Å². The summed E-state index contributed by atoms with van der Waals surface area (Å²) in [5, 5.41) is 15.9. The van der Waals surface area contributed by atoms with Crippen LogP contribution < -0.4 is 5.32 Å². The molecule has 0 saturated heterocycles. The summed E-state index contributed by atoms with van der Waals surface area (Å²) in [6.45, 7) is 3.90. The zero-order valence-electron chi connectivity index (χ0n) is 12.3. The predicted molar refractivity (Wildman–Crippen MR) is 79.3 cm³/mol. The van der Waals surface area contributed by atoms with Crippen LogP contribution in [0.25, 0.3) is 5.82 Å². The number of carbonyl (C=O) groups is 1. The number of aromatic nitrogens is 3. The van der Waals surface area contributed by atoms with Crippen LogP contribution in [0.3, 0.4) is 0 Å². The van der Waals surface area contributed by atoms with E-state index in [1.54, 1.807) is 17.1 Å². The Hall–Kier alpha value is -2.21. The lowest BCUT2D eigenvalue weighted by Crippen LogP contribution is -2.32. The fourth-order valence-corrected chi connectivity index (χ4v) is 2.11. The average Bonchev–Trinajstić information content (AvgIpc) is 2.87. The van der Waals surface area contributed by atoms with Crippen molar-refractivity contribution < 1.29 is 9.90 Å². The van der Waals surface area contributed by atoms with Crippen LogP contribution in [0.15, 0.2) is 30.6 Å². The molecule has 112 valence electrons. The van der Waals surface area contributed by atoms with Crippen molar-refractivity contribution >= 4 is 5.91 Å². The van der Waals surface area contributed by atoms with Gasteiger partial charge < -0.3 is 10.4 Å². The summed E-state index contributed by atoms with van der Waals surface area (Å²) in [4.78, 5) is 16.5. The van der Waals surface area contributed by atoms with Gasteiger partial charge in [0.15, 0.2) is 5.82 Å².